The van der Waals surface area contributed by atoms with E-state index in [0.29, 0.717) is 12.8 Å². The summed E-state index contributed by atoms with van der Waals surface area (Å²) in [6.07, 6.45) is -3.11. The number of carbonyl (C=O) groups excluding carboxylic acids is 2. The Bertz CT molecular complexity index is 2090. The van der Waals surface area contributed by atoms with Crippen molar-refractivity contribution < 1.29 is 109 Å². The molecule has 0 amide bonds. The minimum Gasteiger partial charge on any atom is -0.456 e. The average Bonchev–Trinajstić information content (AvgIpc) is 3.20. The molecule has 1 saturated carbocycles. The second kappa shape index (κ2) is 33.5. The summed E-state index contributed by atoms with van der Waals surface area (Å²) in [5.41, 5.74) is 0. The maximum absolute atomic E-state index is 13.0. The van der Waals surface area contributed by atoms with Gasteiger partial charge in [-0.1, -0.05) is 89.9 Å². The van der Waals surface area contributed by atoms with Gasteiger partial charge in [-0.15, -0.1) is 0 Å². The predicted molar refractivity (Wildman–Crippen MR) is 256 cm³/mol. The van der Waals surface area contributed by atoms with Crippen molar-refractivity contribution >= 4 is 35.4 Å². The first-order valence-electron chi connectivity index (χ1n) is 19.8. The van der Waals surface area contributed by atoms with Crippen molar-refractivity contribution in [2.45, 2.75) is 146 Å². The molecule has 1 aliphatic rings. The number of esters is 2. The lowest BCUT2D eigenvalue weighted by Gasteiger charge is -2.44. The molecule has 1 rings (SSSR count). The van der Waals surface area contributed by atoms with Crippen LogP contribution in [0.5, 0.6) is 0 Å². The molecule has 0 saturated heterocycles. The Hall–Kier alpha value is -3.97. The zero-order valence-corrected chi connectivity index (χ0v) is 38.2. The minimum atomic E-state index is -5.58. The van der Waals surface area contributed by atoms with E-state index in [0.717, 1.165) is 25.7 Å². The number of carbonyl (C=O) groups is 2. The first-order valence-corrected chi connectivity index (χ1v) is 24.3. The van der Waals surface area contributed by atoms with Crippen molar-refractivity contribution in [1.82, 2.24) is 6.15 Å². The predicted octanol–water partition coefficient (Wildman–Crippen LogP) is 5.88. The van der Waals surface area contributed by atoms with E-state index in [9.17, 15) is 63.1 Å². The van der Waals surface area contributed by atoms with Gasteiger partial charge in [-0.3, -0.25) is 22.9 Å². The number of phosphoric acid groups is 3. The zero-order chi connectivity index (χ0) is 47.2. The molecule has 0 heterocycles. The highest BCUT2D eigenvalue weighted by Crippen LogP contribution is 2.51. The zero-order valence-electron chi connectivity index (χ0n) is 35.5. The van der Waals surface area contributed by atoms with E-state index in [1.807, 2.05) is 5.92 Å². The van der Waals surface area contributed by atoms with Gasteiger partial charge in [-0.25, -0.2) is 18.5 Å². The Morgan fingerprint density at radius 1 is 0.562 bits per heavy atom. The number of aliphatic hydroxyl groups excluding tert-OH is 3. The molecule has 1 fully saturated rings. The molecule has 0 aromatic heterocycles. The van der Waals surface area contributed by atoms with Crippen LogP contribution < -0.4 is 6.15 Å². The number of ether oxygens (including phenoxy) is 2. The summed E-state index contributed by atoms with van der Waals surface area (Å²) in [5.74, 6) is 31.2. The molecule has 0 radical (unpaired) electrons. The van der Waals surface area contributed by atoms with Crippen LogP contribution in [0, 0.1) is 82.9 Å². The van der Waals surface area contributed by atoms with Crippen molar-refractivity contribution in [1.29, 1.82) is 0 Å². The molecule has 0 aliphatic heterocycles. The quantitative estimate of drug-likeness (QED) is 0.0161. The molecule has 1 aliphatic carbocycles. The van der Waals surface area contributed by atoms with Gasteiger partial charge in [0.25, 0.3) is 0 Å². The van der Waals surface area contributed by atoms with Gasteiger partial charge >= 0.3 is 35.4 Å². The number of aliphatic hydroxyl groups is 3. The Morgan fingerprint density at radius 2 is 0.938 bits per heavy atom. The van der Waals surface area contributed by atoms with E-state index < -0.39 is 91.3 Å². The molecule has 11 N–H and O–H groups in total. The summed E-state index contributed by atoms with van der Waals surface area (Å²) < 4.78 is 64.6. The van der Waals surface area contributed by atoms with Crippen LogP contribution in [0.1, 0.15) is 122 Å². The maximum atomic E-state index is 13.0. The summed E-state index contributed by atoms with van der Waals surface area (Å²) >= 11 is 0. The molecule has 4 unspecified atom stereocenters. The van der Waals surface area contributed by atoms with Crippen LogP contribution in [0.25, 0.3) is 0 Å². The standard InChI is InChI=1S/C41H53O19P3.H3N.13H2/c1-3-5-7-9-11-13-15-17-19-21-23-25-27-29-34(42)55-31-33(57-35(43)30-28-26-24-22-20-18-16-14-12-10-8-6-4-2)32-56-63(53,54)60-41-37(45)39(58-61(47,48)49)36(44)40(38(41)46)59-62(50,51)52;;;;;;;;;;;;;;/h33,36-41,44-46H,4,6,8,10,12,14,16,18,20,22,24,26,28,30-32H2,1-2H3,(H,53,54)(H2,47,48,49)(H2,50,51,52);1H3;13*1H/t33-,36?,37-,38?,39-,40+,41?;;;;;;;;;;;;;;/m1............../s1. The lowest BCUT2D eigenvalue weighted by molar-refractivity contribution is -0.213. The van der Waals surface area contributed by atoms with Crippen molar-refractivity contribution in [3.05, 3.63) is 0 Å². The number of unbranched alkanes of at least 4 members (excludes halogenated alkanes) is 12. The van der Waals surface area contributed by atoms with Gasteiger partial charge in [-0.2, -0.15) is 0 Å². The van der Waals surface area contributed by atoms with Crippen molar-refractivity contribution in [2.24, 2.45) is 0 Å². The highest BCUT2D eigenvalue weighted by molar-refractivity contribution is 7.47. The van der Waals surface area contributed by atoms with E-state index in [-0.39, 0.29) is 31.1 Å². The molecule has 23 heteroatoms. The Morgan fingerprint density at radius 3 is 1.34 bits per heavy atom. The minimum absolute atomic E-state index is 0. The van der Waals surface area contributed by atoms with Crippen LogP contribution in [0.4, 0.5) is 0 Å². The Balaban J connectivity index is -0.000000236. The van der Waals surface area contributed by atoms with Gasteiger partial charge < -0.3 is 55.4 Å². The van der Waals surface area contributed by atoms with Crippen LogP contribution in [0.3, 0.4) is 0 Å². The van der Waals surface area contributed by atoms with Gasteiger partial charge in [0.2, 0.25) is 0 Å². The number of phosphoric ester groups is 3. The van der Waals surface area contributed by atoms with Gasteiger partial charge in [0.15, 0.2) is 6.10 Å². The fourth-order valence-corrected chi connectivity index (χ4v) is 7.64. The largest absolute Gasteiger partial charge is 0.472 e. The highest BCUT2D eigenvalue weighted by atomic mass is 31.2. The van der Waals surface area contributed by atoms with Gasteiger partial charge in [0.05, 0.1) is 6.61 Å². The summed E-state index contributed by atoms with van der Waals surface area (Å²) in [7, 11) is -16.7. The second-order valence-corrected chi connectivity index (χ2v) is 17.3. The van der Waals surface area contributed by atoms with Crippen LogP contribution in [0.2, 0.25) is 0 Å². The first-order chi connectivity index (χ1) is 29.8. The number of hydrogen-bond acceptors (Lipinski definition) is 15. The van der Waals surface area contributed by atoms with E-state index >= 15 is 0 Å². The third-order valence-corrected chi connectivity index (χ3v) is 10.4. The van der Waals surface area contributed by atoms with Crippen molar-refractivity contribution in [3.63, 3.8) is 0 Å². The van der Waals surface area contributed by atoms with Crippen LogP contribution in [-0.4, -0.2) is 108 Å². The molecular weight excluding hydrogens is 903 g/mol. The lowest BCUT2D eigenvalue weighted by Crippen LogP contribution is -2.65. The second-order valence-electron chi connectivity index (χ2n) is 13.5. The molecule has 0 spiro atoms. The molecule has 380 valence electrons. The van der Waals surface area contributed by atoms with E-state index in [4.69, 9.17) is 18.5 Å². The van der Waals surface area contributed by atoms with E-state index in [1.54, 1.807) is 6.92 Å². The summed E-state index contributed by atoms with van der Waals surface area (Å²) in [6, 6.07) is 0. The van der Waals surface area contributed by atoms with Crippen molar-refractivity contribution in [2.75, 3.05) is 13.2 Å². The third kappa shape index (κ3) is 29.5. The summed E-state index contributed by atoms with van der Waals surface area (Å²) in [4.78, 5) is 72.5. The monoisotopic (exact) mass is 985 g/mol. The molecular formula is C41H82NO19P3. The Labute approximate surface area is 393 Å². The summed E-state index contributed by atoms with van der Waals surface area (Å²) in [6.45, 7) is 1.96. The molecule has 0 bridgehead atoms. The molecule has 0 aromatic rings. The average molecular weight is 986 g/mol. The topological polar surface area (TPSA) is 338 Å². The van der Waals surface area contributed by atoms with Gasteiger partial charge in [0, 0.05) is 30.9 Å². The maximum Gasteiger partial charge on any atom is 0.472 e. The van der Waals surface area contributed by atoms with Crippen LogP contribution in [-0.2, 0) is 50.9 Å². The smallest absolute Gasteiger partial charge is 0.456 e. The van der Waals surface area contributed by atoms with E-state index in [2.05, 4.69) is 92.9 Å². The molecule has 64 heavy (non-hydrogen) atoms. The SMILES string of the molecule is CC#CC#CC#CC#CC#CC#CC#CC(=O)OC[C@H](COP(=O)(O)OC1C(O)[C@@H](OP(=O)(O)O)C(O)[C@@H](OP(=O)(O)O)[C@H]1O)OC(=O)CCCCCCCCCCCCCCC.N.[HH].[HH].[HH].[HH].[HH].[HH].[HH].[HH].[HH].[HH].[HH].[HH].[HH]. The highest BCUT2D eigenvalue weighted by Gasteiger charge is 2.56. The molecule has 0 aromatic carbocycles. The molecule has 20 nitrogen and oxygen atoms in total. The third-order valence-electron chi connectivity index (χ3n) is 8.38. The number of rotatable bonds is 26. The normalized spacial score (nSPS) is 20.0. The van der Waals surface area contributed by atoms with E-state index in [1.165, 1.54) is 44.9 Å². The molecule has 8 atom stereocenters. The first kappa shape index (κ1) is 60.0. The fourth-order valence-electron chi connectivity index (χ4n) is 5.53. The lowest BCUT2D eigenvalue weighted by atomic mass is 9.85. The summed E-state index contributed by atoms with van der Waals surface area (Å²) in [5, 5.41) is 31.7. The van der Waals surface area contributed by atoms with Crippen LogP contribution in [0.15, 0.2) is 0 Å². The Kier molecular flexibility index (Phi) is 31.4. The van der Waals surface area contributed by atoms with Gasteiger partial charge in [0.1, 0.15) is 43.2 Å². The van der Waals surface area contributed by atoms with Crippen molar-refractivity contribution in [3.8, 4) is 82.9 Å². The van der Waals surface area contributed by atoms with Gasteiger partial charge in [-0.05, 0) is 84.4 Å². The number of hydrogen-bond donors (Lipinski definition) is 9. The fraction of sp³-hybridized carbons (Fsp3) is 0.610. The van der Waals surface area contributed by atoms with Crippen LogP contribution >= 0.6 is 23.5 Å².